The number of hydrogen-bond acceptors (Lipinski definition) is 3. The van der Waals surface area contributed by atoms with Crippen LogP contribution in [-0.4, -0.2) is 12.3 Å². The lowest BCUT2D eigenvalue weighted by Crippen LogP contribution is -2.14. The molecule has 2 nitrogen and oxygen atoms in total. The van der Waals surface area contributed by atoms with Crippen LogP contribution in [0.2, 0.25) is 0 Å². The molecule has 0 aromatic heterocycles. The number of anilines is 1. The molecule has 4 N–H and O–H groups in total. The molecule has 0 radical (unpaired) electrons. The molecule has 1 aromatic carbocycles. The van der Waals surface area contributed by atoms with Gasteiger partial charge in [0.2, 0.25) is 0 Å². The first kappa shape index (κ1) is 12.4. The molecule has 0 fully saturated rings. The van der Waals surface area contributed by atoms with Gasteiger partial charge >= 0.3 is 0 Å². The number of aryl methyl sites for hydroxylation is 1. The summed E-state index contributed by atoms with van der Waals surface area (Å²) in [5.74, 6) is 0. The molecular weight excluding hydrogens is 204 g/mol. The van der Waals surface area contributed by atoms with Crippen LogP contribution >= 0.6 is 11.8 Å². The Bertz CT molecular complexity index is 310. The molecular formula is C12H20N2S. The zero-order chi connectivity index (χ0) is 11.3. The van der Waals surface area contributed by atoms with E-state index in [1.54, 1.807) is 11.8 Å². The summed E-state index contributed by atoms with van der Waals surface area (Å²) >= 11 is 1.70. The van der Waals surface area contributed by atoms with Crippen LogP contribution in [0.5, 0.6) is 0 Å². The lowest BCUT2D eigenvalue weighted by atomic mass is 10.1. The second-order valence-corrected chi connectivity index (χ2v) is 4.79. The molecule has 3 heteroatoms. The Morgan fingerprint density at radius 3 is 2.73 bits per heavy atom. The van der Waals surface area contributed by atoms with E-state index >= 15 is 0 Å². The first-order valence-electron chi connectivity index (χ1n) is 5.31. The first-order valence-corrected chi connectivity index (χ1v) is 6.54. The molecule has 0 saturated carbocycles. The van der Waals surface area contributed by atoms with Crippen LogP contribution in [0.4, 0.5) is 5.69 Å². The maximum absolute atomic E-state index is 5.84. The van der Waals surface area contributed by atoms with Crippen LogP contribution in [0.25, 0.3) is 0 Å². The predicted molar refractivity (Wildman–Crippen MR) is 69.2 cm³/mol. The average Bonchev–Trinajstić information content (AvgIpc) is 2.20. The number of hydrogen-bond donors (Lipinski definition) is 2. The van der Waals surface area contributed by atoms with Crippen molar-refractivity contribution in [2.75, 3.05) is 12.0 Å². The second kappa shape index (κ2) is 6.03. The fourth-order valence-electron chi connectivity index (χ4n) is 1.54. The summed E-state index contributed by atoms with van der Waals surface area (Å²) < 4.78 is 0. The van der Waals surface area contributed by atoms with Gasteiger partial charge in [0.15, 0.2) is 0 Å². The monoisotopic (exact) mass is 224 g/mol. The van der Waals surface area contributed by atoms with E-state index in [2.05, 4.69) is 25.3 Å². The Balaban J connectivity index is 2.54. The van der Waals surface area contributed by atoms with Crippen LogP contribution in [0.15, 0.2) is 23.1 Å². The Morgan fingerprint density at radius 1 is 1.40 bits per heavy atom. The number of benzene rings is 1. The van der Waals surface area contributed by atoms with Crippen molar-refractivity contribution in [3.8, 4) is 0 Å². The van der Waals surface area contributed by atoms with Crippen molar-refractivity contribution < 1.29 is 0 Å². The minimum Gasteiger partial charge on any atom is -0.398 e. The Kier molecular flexibility index (Phi) is 4.99. The van der Waals surface area contributed by atoms with E-state index in [0.29, 0.717) is 6.04 Å². The summed E-state index contributed by atoms with van der Waals surface area (Å²) in [7, 11) is 0. The highest BCUT2D eigenvalue weighted by Gasteiger charge is 2.01. The highest BCUT2D eigenvalue weighted by Crippen LogP contribution is 2.24. The highest BCUT2D eigenvalue weighted by atomic mass is 32.2. The molecule has 0 aliphatic rings. The van der Waals surface area contributed by atoms with Gasteiger partial charge < -0.3 is 11.5 Å². The van der Waals surface area contributed by atoms with E-state index in [0.717, 1.165) is 24.9 Å². The van der Waals surface area contributed by atoms with Crippen molar-refractivity contribution >= 4 is 17.4 Å². The molecule has 0 saturated heterocycles. The normalized spacial score (nSPS) is 12.7. The van der Waals surface area contributed by atoms with Gasteiger partial charge in [0.05, 0.1) is 0 Å². The van der Waals surface area contributed by atoms with Crippen molar-refractivity contribution in [3.05, 3.63) is 23.8 Å². The summed E-state index contributed by atoms with van der Waals surface area (Å²) in [6.45, 7) is 2.05. The third-order valence-electron chi connectivity index (χ3n) is 2.42. The fraction of sp³-hybridized carbons (Fsp3) is 0.500. The molecule has 0 aliphatic carbocycles. The maximum Gasteiger partial charge on any atom is 0.0452 e. The SMILES string of the molecule is CSc1cc(CCCC(C)N)ccc1N. The number of nitrogen functional groups attached to an aromatic ring is 1. The van der Waals surface area contributed by atoms with Gasteiger partial charge in [0.25, 0.3) is 0 Å². The van der Waals surface area contributed by atoms with Gasteiger partial charge in [-0.1, -0.05) is 6.07 Å². The van der Waals surface area contributed by atoms with Crippen LogP contribution in [0, 0.1) is 0 Å². The summed E-state index contributed by atoms with van der Waals surface area (Å²) in [4.78, 5) is 1.17. The quantitative estimate of drug-likeness (QED) is 0.597. The number of thioether (sulfide) groups is 1. The minimum absolute atomic E-state index is 0.304. The zero-order valence-electron chi connectivity index (χ0n) is 9.49. The molecule has 0 aliphatic heterocycles. The van der Waals surface area contributed by atoms with E-state index in [4.69, 9.17) is 11.5 Å². The van der Waals surface area contributed by atoms with Crippen LogP contribution in [0.1, 0.15) is 25.3 Å². The molecule has 84 valence electrons. The summed E-state index contributed by atoms with van der Waals surface area (Å²) in [5, 5.41) is 0. The van der Waals surface area contributed by atoms with Crippen LogP contribution < -0.4 is 11.5 Å². The third-order valence-corrected chi connectivity index (χ3v) is 3.22. The molecule has 1 unspecified atom stereocenters. The highest BCUT2D eigenvalue weighted by molar-refractivity contribution is 7.98. The van der Waals surface area contributed by atoms with Gasteiger partial charge in [-0.05, 0) is 50.1 Å². The lowest BCUT2D eigenvalue weighted by Gasteiger charge is -2.07. The van der Waals surface area contributed by atoms with Gasteiger partial charge in [-0.15, -0.1) is 11.8 Å². The second-order valence-electron chi connectivity index (χ2n) is 3.95. The van der Waals surface area contributed by atoms with Gasteiger partial charge in [-0.25, -0.2) is 0 Å². The van der Waals surface area contributed by atoms with Crippen LogP contribution in [-0.2, 0) is 6.42 Å². The van der Waals surface area contributed by atoms with E-state index in [-0.39, 0.29) is 0 Å². The van der Waals surface area contributed by atoms with Gasteiger partial charge in [-0.2, -0.15) is 0 Å². The number of rotatable bonds is 5. The topological polar surface area (TPSA) is 52.0 Å². The Labute approximate surface area is 96.4 Å². The zero-order valence-corrected chi connectivity index (χ0v) is 10.3. The molecule has 1 atom stereocenters. The standard InChI is InChI=1S/C12H20N2S/c1-9(13)4-3-5-10-6-7-11(14)12(8-10)15-2/h6-9H,3-5,13-14H2,1-2H3. The van der Waals surface area contributed by atoms with E-state index < -0.39 is 0 Å². The van der Waals surface area contributed by atoms with Gasteiger partial charge in [0, 0.05) is 16.6 Å². The van der Waals surface area contributed by atoms with E-state index in [1.807, 2.05) is 6.07 Å². The number of nitrogens with two attached hydrogens (primary N) is 2. The lowest BCUT2D eigenvalue weighted by molar-refractivity contribution is 0.624. The first-order chi connectivity index (χ1) is 7.13. The molecule has 1 aromatic rings. The van der Waals surface area contributed by atoms with Gasteiger partial charge in [0.1, 0.15) is 0 Å². The van der Waals surface area contributed by atoms with Crippen molar-refractivity contribution in [1.29, 1.82) is 0 Å². The van der Waals surface area contributed by atoms with E-state index in [1.165, 1.54) is 10.5 Å². The average molecular weight is 224 g/mol. The molecule has 0 spiro atoms. The summed E-state index contributed by atoms with van der Waals surface area (Å²) in [6.07, 6.45) is 5.38. The van der Waals surface area contributed by atoms with Crippen molar-refractivity contribution in [2.45, 2.75) is 37.1 Å². The molecule has 0 heterocycles. The fourth-order valence-corrected chi connectivity index (χ4v) is 2.11. The Morgan fingerprint density at radius 2 is 2.13 bits per heavy atom. The summed E-state index contributed by atoms with van der Waals surface area (Å²) in [5.41, 5.74) is 13.8. The van der Waals surface area contributed by atoms with Crippen LogP contribution in [0.3, 0.4) is 0 Å². The third kappa shape index (κ3) is 4.14. The van der Waals surface area contributed by atoms with E-state index in [9.17, 15) is 0 Å². The molecule has 0 amide bonds. The molecule has 15 heavy (non-hydrogen) atoms. The smallest absolute Gasteiger partial charge is 0.0452 e. The van der Waals surface area contributed by atoms with Crippen molar-refractivity contribution in [3.63, 3.8) is 0 Å². The minimum atomic E-state index is 0.304. The van der Waals surface area contributed by atoms with Crippen molar-refractivity contribution in [2.24, 2.45) is 5.73 Å². The maximum atomic E-state index is 5.84. The molecule has 0 bridgehead atoms. The summed E-state index contributed by atoms with van der Waals surface area (Å²) in [6, 6.07) is 6.59. The van der Waals surface area contributed by atoms with Crippen molar-refractivity contribution in [1.82, 2.24) is 0 Å². The Hall–Kier alpha value is -0.670. The largest absolute Gasteiger partial charge is 0.398 e. The molecule has 1 rings (SSSR count). The van der Waals surface area contributed by atoms with Gasteiger partial charge in [-0.3, -0.25) is 0 Å². The predicted octanol–water partition coefficient (Wildman–Crippen LogP) is 2.66.